The number of hydrogen-bond donors (Lipinski definition) is 3. The maximum absolute atomic E-state index is 12.2. The summed E-state index contributed by atoms with van der Waals surface area (Å²) in [5.74, 6) is 1.32. The number of rotatable bonds is 5. The Morgan fingerprint density at radius 3 is 2.96 bits per heavy atom. The molecule has 3 unspecified atom stereocenters. The summed E-state index contributed by atoms with van der Waals surface area (Å²) in [6, 6.07) is 10.6. The van der Waals surface area contributed by atoms with Crippen molar-refractivity contribution in [2.45, 2.75) is 38.0 Å². The van der Waals surface area contributed by atoms with Gasteiger partial charge in [-0.15, -0.1) is 0 Å². The molecule has 0 aliphatic carbocycles. The van der Waals surface area contributed by atoms with Crippen molar-refractivity contribution in [1.29, 1.82) is 0 Å². The number of carbonyl (C=O) groups is 1. The van der Waals surface area contributed by atoms with Crippen LogP contribution in [0, 0.1) is 0 Å². The number of hydrogen-bond acceptors (Lipinski definition) is 4. The van der Waals surface area contributed by atoms with Crippen molar-refractivity contribution in [1.82, 2.24) is 10.6 Å². The van der Waals surface area contributed by atoms with Gasteiger partial charge in [0.05, 0.1) is 18.9 Å². The minimum absolute atomic E-state index is 0.0721. The number of urea groups is 1. The van der Waals surface area contributed by atoms with E-state index in [1.165, 1.54) is 6.26 Å². The lowest BCUT2D eigenvalue weighted by molar-refractivity contribution is 0.129. The zero-order valence-electron chi connectivity index (χ0n) is 13.6. The predicted octanol–water partition coefficient (Wildman–Crippen LogP) is 2.91. The minimum Gasteiger partial charge on any atom is -0.493 e. The van der Waals surface area contributed by atoms with Crippen molar-refractivity contribution in [2.24, 2.45) is 0 Å². The second kappa shape index (κ2) is 7.40. The topological polar surface area (TPSA) is 83.7 Å². The molecule has 0 saturated carbocycles. The van der Waals surface area contributed by atoms with Crippen LogP contribution in [0.5, 0.6) is 5.75 Å². The average molecular weight is 330 g/mol. The quantitative estimate of drug-likeness (QED) is 0.787. The number of amides is 2. The fraction of sp³-hybridized carbons (Fsp3) is 0.389. The molecule has 1 aromatic heterocycles. The van der Waals surface area contributed by atoms with E-state index in [-0.39, 0.29) is 18.1 Å². The smallest absolute Gasteiger partial charge is 0.315 e. The van der Waals surface area contributed by atoms with E-state index in [1.807, 2.05) is 31.2 Å². The van der Waals surface area contributed by atoms with Gasteiger partial charge in [-0.05, 0) is 25.1 Å². The first kappa shape index (κ1) is 16.4. The zero-order valence-corrected chi connectivity index (χ0v) is 13.6. The molecule has 0 bridgehead atoms. The molecule has 6 nitrogen and oxygen atoms in total. The Morgan fingerprint density at radius 2 is 2.17 bits per heavy atom. The first-order valence-corrected chi connectivity index (χ1v) is 8.13. The number of benzene rings is 1. The molecule has 1 aliphatic heterocycles. The lowest BCUT2D eigenvalue weighted by Crippen LogP contribution is -2.43. The molecule has 128 valence electrons. The molecule has 0 saturated heterocycles. The largest absolute Gasteiger partial charge is 0.493 e. The van der Waals surface area contributed by atoms with Gasteiger partial charge in [-0.1, -0.05) is 18.2 Å². The summed E-state index contributed by atoms with van der Waals surface area (Å²) >= 11 is 0. The third-order valence-electron chi connectivity index (χ3n) is 4.09. The van der Waals surface area contributed by atoms with Crippen LogP contribution in [0.1, 0.15) is 43.2 Å². The summed E-state index contributed by atoms with van der Waals surface area (Å²) in [5.41, 5.74) is 0.988. The van der Waals surface area contributed by atoms with Gasteiger partial charge in [0, 0.05) is 24.4 Å². The van der Waals surface area contributed by atoms with E-state index in [0.717, 1.165) is 17.7 Å². The van der Waals surface area contributed by atoms with Crippen LogP contribution in [0.25, 0.3) is 0 Å². The fourth-order valence-electron chi connectivity index (χ4n) is 2.91. The lowest BCUT2D eigenvalue weighted by Gasteiger charge is -2.27. The van der Waals surface area contributed by atoms with Crippen molar-refractivity contribution in [3.8, 4) is 5.75 Å². The molecule has 2 amide bonds. The second-order valence-corrected chi connectivity index (χ2v) is 6.01. The van der Waals surface area contributed by atoms with Crippen LogP contribution in [-0.2, 0) is 0 Å². The highest BCUT2D eigenvalue weighted by Crippen LogP contribution is 2.31. The second-order valence-electron chi connectivity index (χ2n) is 6.01. The van der Waals surface area contributed by atoms with Gasteiger partial charge in [0.2, 0.25) is 0 Å². The maximum atomic E-state index is 12.2. The van der Waals surface area contributed by atoms with Crippen LogP contribution in [0.15, 0.2) is 47.1 Å². The number of furan rings is 1. The number of nitrogens with one attached hydrogen (secondary N) is 2. The van der Waals surface area contributed by atoms with Crippen molar-refractivity contribution in [2.75, 3.05) is 6.61 Å². The van der Waals surface area contributed by atoms with E-state index < -0.39 is 6.10 Å². The highest BCUT2D eigenvalue weighted by atomic mass is 16.5. The van der Waals surface area contributed by atoms with E-state index in [4.69, 9.17) is 9.15 Å². The van der Waals surface area contributed by atoms with Crippen LogP contribution < -0.4 is 15.4 Å². The summed E-state index contributed by atoms with van der Waals surface area (Å²) in [4.78, 5) is 12.2. The predicted molar refractivity (Wildman–Crippen MR) is 88.7 cm³/mol. The monoisotopic (exact) mass is 330 g/mol. The highest BCUT2D eigenvalue weighted by Gasteiger charge is 2.23. The summed E-state index contributed by atoms with van der Waals surface area (Å²) in [7, 11) is 0. The zero-order chi connectivity index (χ0) is 16.9. The van der Waals surface area contributed by atoms with Crippen molar-refractivity contribution < 1.29 is 19.1 Å². The molecule has 6 heteroatoms. The number of aliphatic hydroxyl groups excluding tert-OH is 1. The number of para-hydroxylation sites is 1. The summed E-state index contributed by atoms with van der Waals surface area (Å²) in [6.45, 7) is 2.43. The number of carbonyl (C=O) groups excluding carboxylic acids is 1. The van der Waals surface area contributed by atoms with E-state index >= 15 is 0 Å². The van der Waals surface area contributed by atoms with Gasteiger partial charge in [-0.3, -0.25) is 0 Å². The van der Waals surface area contributed by atoms with Crippen molar-refractivity contribution >= 4 is 6.03 Å². The Morgan fingerprint density at radius 1 is 1.33 bits per heavy atom. The molecule has 2 aromatic rings. The Labute approximate surface area is 140 Å². The Kier molecular flexibility index (Phi) is 5.05. The standard InChI is InChI=1S/C18H22N2O4/c1-12(11-15(21)17-7-4-9-23-17)19-18(22)20-14-8-10-24-16-6-3-2-5-13(14)16/h2-7,9,12,14-15,21H,8,10-11H2,1H3,(H2,19,20,22). The number of fused-ring (bicyclic) bond motifs is 1. The van der Waals surface area contributed by atoms with Crippen LogP contribution >= 0.6 is 0 Å². The molecule has 1 aromatic carbocycles. The van der Waals surface area contributed by atoms with Crippen LogP contribution in [-0.4, -0.2) is 23.8 Å². The van der Waals surface area contributed by atoms with E-state index in [1.54, 1.807) is 12.1 Å². The minimum atomic E-state index is -0.737. The third-order valence-corrected chi connectivity index (χ3v) is 4.09. The molecular formula is C18H22N2O4. The molecule has 0 radical (unpaired) electrons. The normalized spacial score (nSPS) is 18.8. The number of ether oxygens (including phenoxy) is 1. The molecular weight excluding hydrogens is 308 g/mol. The molecule has 3 rings (SSSR count). The van der Waals surface area contributed by atoms with Gasteiger partial charge in [0.1, 0.15) is 17.6 Å². The molecule has 3 N–H and O–H groups in total. The van der Waals surface area contributed by atoms with Gasteiger partial charge >= 0.3 is 6.03 Å². The fourth-order valence-corrected chi connectivity index (χ4v) is 2.91. The molecule has 0 fully saturated rings. The van der Waals surface area contributed by atoms with E-state index in [2.05, 4.69) is 10.6 Å². The Bertz CT molecular complexity index is 671. The highest BCUT2D eigenvalue weighted by molar-refractivity contribution is 5.75. The van der Waals surface area contributed by atoms with Gasteiger partial charge in [-0.25, -0.2) is 4.79 Å². The summed E-state index contributed by atoms with van der Waals surface area (Å²) in [6.07, 6.45) is 1.89. The Balaban J connectivity index is 1.52. The summed E-state index contributed by atoms with van der Waals surface area (Å²) < 4.78 is 10.8. The van der Waals surface area contributed by atoms with Crippen LogP contribution in [0.2, 0.25) is 0 Å². The maximum Gasteiger partial charge on any atom is 0.315 e. The molecule has 1 aliphatic rings. The van der Waals surface area contributed by atoms with E-state index in [0.29, 0.717) is 18.8 Å². The van der Waals surface area contributed by atoms with Crippen LogP contribution in [0.3, 0.4) is 0 Å². The molecule has 3 atom stereocenters. The molecule has 24 heavy (non-hydrogen) atoms. The number of aliphatic hydroxyl groups is 1. The third kappa shape index (κ3) is 3.89. The Hall–Kier alpha value is -2.47. The molecule has 2 heterocycles. The van der Waals surface area contributed by atoms with Gasteiger partial charge in [-0.2, -0.15) is 0 Å². The average Bonchev–Trinajstić information content (AvgIpc) is 3.09. The lowest BCUT2D eigenvalue weighted by atomic mass is 10.0. The van der Waals surface area contributed by atoms with Crippen molar-refractivity contribution in [3.05, 3.63) is 54.0 Å². The van der Waals surface area contributed by atoms with Crippen LogP contribution in [0.4, 0.5) is 4.79 Å². The van der Waals surface area contributed by atoms with Gasteiger partial charge in [0.25, 0.3) is 0 Å². The van der Waals surface area contributed by atoms with Crippen molar-refractivity contribution in [3.63, 3.8) is 0 Å². The van der Waals surface area contributed by atoms with Gasteiger partial charge in [0.15, 0.2) is 0 Å². The SMILES string of the molecule is CC(CC(O)c1ccco1)NC(=O)NC1CCOc2ccccc21. The molecule has 0 spiro atoms. The summed E-state index contributed by atoms with van der Waals surface area (Å²) in [5, 5.41) is 15.9. The first-order valence-electron chi connectivity index (χ1n) is 8.13. The first-order chi connectivity index (χ1) is 11.6. The van der Waals surface area contributed by atoms with E-state index in [9.17, 15) is 9.90 Å². The van der Waals surface area contributed by atoms with Gasteiger partial charge < -0.3 is 24.9 Å².